The van der Waals surface area contributed by atoms with E-state index in [1.807, 2.05) is 129 Å². The molecule has 7 nitrogen and oxygen atoms in total. The minimum Gasteiger partial charge on any atom is -0.461 e. The molecule has 0 aliphatic heterocycles. The topological polar surface area (TPSA) is 84.9 Å². The van der Waals surface area contributed by atoms with Crippen LogP contribution in [0.15, 0.2) is 158 Å². The summed E-state index contributed by atoms with van der Waals surface area (Å²) in [6.07, 6.45) is 1.36. The lowest BCUT2D eigenvalue weighted by Gasteiger charge is -2.30. The number of nitrogens with one attached hydrogen (secondary N) is 1. The second kappa shape index (κ2) is 19.9. The molecular formula is C49H50N2O5. The lowest BCUT2D eigenvalue weighted by molar-refractivity contribution is -0.151. The Balaban J connectivity index is 1.21. The summed E-state index contributed by atoms with van der Waals surface area (Å²) in [6.45, 7) is 4.79. The molecular weight excluding hydrogens is 697 g/mol. The monoisotopic (exact) mass is 746 g/mol. The predicted molar refractivity (Wildman–Crippen MR) is 223 cm³/mol. The van der Waals surface area contributed by atoms with Gasteiger partial charge in [0.25, 0.3) is 0 Å². The van der Waals surface area contributed by atoms with E-state index in [-0.39, 0.29) is 38.1 Å². The van der Waals surface area contributed by atoms with Crippen molar-refractivity contribution in [2.75, 3.05) is 13.1 Å². The van der Waals surface area contributed by atoms with Gasteiger partial charge >= 0.3 is 18.0 Å². The van der Waals surface area contributed by atoms with E-state index in [4.69, 9.17) is 9.47 Å². The van der Waals surface area contributed by atoms with Crippen molar-refractivity contribution in [3.8, 4) is 11.1 Å². The minimum atomic E-state index is -0.975. The fourth-order valence-electron chi connectivity index (χ4n) is 6.86. The number of urea groups is 1. The average Bonchev–Trinajstić information content (AvgIpc) is 3.23. The van der Waals surface area contributed by atoms with Crippen LogP contribution in [-0.2, 0) is 45.1 Å². The molecule has 0 saturated heterocycles. The second-order valence-electron chi connectivity index (χ2n) is 14.6. The van der Waals surface area contributed by atoms with Crippen molar-refractivity contribution in [2.24, 2.45) is 11.8 Å². The molecule has 0 aliphatic rings. The van der Waals surface area contributed by atoms with Gasteiger partial charge in [0, 0.05) is 19.5 Å². The maximum atomic E-state index is 14.3. The number of aryl methyl sites for hydroxylation is 1. The van der Waals surface area contributed by atoms with Gasteiger partial charge in [0.2, 0.25) is 0 Å². The molecule has 0 bridgehead atoms. The second-order valence-corrected chi connectivity index (χ2v) is 14.6. The molecule has 0 aromatic heterocycles. The van der Waals surface area contributed by atoms with Gasteiger partial charge in [-0.1, -0.05) is 172 Å². The Morgan fingerprint density at radius 2 is 1.12 bits per heavy atom. The lowest BCUT2D eigenvalue weighted by atomic mass is 9.96. The highest BCUT2D eigenvalue weighted by Crippen LogP contribution is 2.29. The number of carbonyl (C=O) groups excluding carboxylic acids is 3. The molecule has 6 aromatic carbocycles. The summed E-state index contributed by atoms with van der Waals surface area (Å²) in [5, 5.41) is 5.34. The maximum absolute atomic E-state index is 14.3. The normalized spacial score (nSPS) is 12.1. The number of carbonyl (C=O) groups is 3. The molecule has 6 rings (SSSR count). The average molecular weight is 747 g/mol. The maximum Gasteiger partial charge on any atom is 0.329 e. The van der Waals surface area contributed by atoms with Gasteiger partial charge in [-0.3, -0.25) is 4.79 Å². The van der Waals surface area contributed by atoms with Crippen molar-refractivity contribution in [1.82, 2.24) is 10.2 Å². The van der Waals surface area contributed by atoms with E-state index >= 15 is 0 Å². The zero-order valence-corrected chi connectivity index (χ0v) is 32.2. The molecule has 7 heteroatoms. The summed E-state index contributed by atoms with van der Waals surface area (Å²) in [5.41, 5.74) is 5.89. The van der Waals surface area contributed by atoms with Crippen LogP contribution in [0.4, 0.5) is 4.79 Å². The Morgan fingerprint density at radius 3 is 1.75 bits per heavy atom. The highest BCUT2D eigenvalue weighted by molar-refractivity contribution is 5.96. The van der Waals surface area contributed by atoms with Gasteiger partial charge in [-0.2, -0.15) is 0 Å². The number of nitrogens with zero attached hydrogens (tertiary/aromatic N) is 1. The Hall–Kier alpha value is -6.21. The number of hydrogen-bond donors (Lipinski definition) is 1. The molecule has 0 aliphatic carbocycles. The Morgan fingerprint density at radius 1 is 0.571 bits per heavy atom. The summed E-state index contributed by atoms with van der Waals surface area (Å²) in [7, 11) is 0. The molecule has 2 amide bonds. The molecule has 1 N–H and O–H groups in total. The Bertz CT molecular complexity index is 2150. The van der Waals surface area contributed by atoms with Crippen molar-refractivity contribution in [3.63, 3.8) is 0 Å². The number of ether oxygens (including phenoxy) is 2. The Kier molecular flexibility index (Phi) is 14.0. The first-order chi connectivity index (χ1) is 27.3. The van der Waals surface area contributed by atoms with Gasteiger partial charge < -0.3 is 19.7 Å². The summed E-state index contributed by atoms with van der Waals surface area (Å²) in [6, 6.07) is 50.3. The quantitative estimate of drug-likeness (QED) is 0.0940. The molecule has 0 spiro atoms. The molecule has 6 aromatic rings. The fraction of sp³-hybridized carbons (Fsp3) is 0.245. The first-order valence-corrected chi connectivity index (χ1v) is 19.4. The summed E-state index contributed by atoms with van der Waals surface area (Å²) in [4.78, 5) is 43.5. The van der Waals surface area contributed by atoms with Gasteiger partial charge in [-0.15, -0.1) is 0 Å². The van der Waals surface area contributed by atoms with E-state index in [9.17, 15) is 14.4 Å². The van der Waals surface area contributed by atoms with Gasteiger partial charge in [0.1, 0.15) is 19.3 Å². The van der Waals surface area contributed by atoms with E-state index in [1.165, 1.54) is 0 Å². The highest BCUT2D eigenvalue weighted by atomic mass is 16.5. The number of hydrogen-bond acceptors (Lipinski definition) is 5. The van der Waals surface area contributed by atoms with Crippen molar-refractivity contribution >= 4 is 28.7 Å². The van der Waals surface area contributed by atoms with Gasteiger partial charge in [0.05, 0.1) is 5.92 Å². The molecule has 2 atom stereocenters. The van der Waals surface area contributed by atoms with E-state index in [2.05, 4.69) is 47.8 Å². The van der Waals surface area contributed by atoms with Crippen molar-refractivity contribution in [3.05, 3.63) is 180 Å². The smallest absolute Gasteiger partial charge is 0.329 e. The van der Waals surface area contributed by atoms with E-state index in [0.29, 0.717) is 19.4 Å². The molecule has 0 fully saturated rings. The van der Waals surface area contributed by atoms with Crippen LogP contribution in [0.1, 0.15) is 42.5 Å². The van der Waals surface area contributed by atoms with Crippen LogP contribution in [0.25, 0.3) is 21.9 Å². The molecule has 0 radical (unpaired) electrons. The van der Waals surface area contributed by atoms with Crippen LogP contribution >= 0.6 is 0 Å². The summed E-state index contributed by atoms with van der Waals surface area (Å²) >= 11 is 0. The molecule has 0 saturated carbocycles. The zero-order chi connectivity index (χ0) is 39.1. The number of rotatable bonds is 17. The lowest BCUT2D eigenvalue weighted by Crippen LogP contribution is -2.52. The van der Waals surface area contributed by atoms with Crippen LogP contribution < -0.4 is 5.32 Å². The van der Waals surface area contributed by atoms with Crippen LogP contribution in [0.5, 0.6) is 0 Å². The number of fused-ring (bicyclic) bond motifs is 1. The zero-order valence-electron chi connectivity index (χ0n) is 32.2. The van der Waals surface area contributed by atoms with Crippen LogP contribution in [-0.4, -0.2) is 42.0 Å². The van der Waals surface area contributed by atoms with Crippen molar-refractivity contribution in [1.29, 1.82) is 0 Å². The SMILES string of the molecule is CC(C)CN(CC(CCc1ccccc1)C(=O)OCc1ccccc1)C(=O)N[C@@H](Cc1ccc(-c2cccc3ccccc23)cc1)C(=O)OCc1ccccc1. The first kappa shape index (κ1) is 39.5. The minimum absolute atomic E-state index is 0.0799. The van der Waals surface area contributed by atoms with Gasteiger partial charge in [-0.25, -0.2) is 9.59 Å². The van der Waals surface area contributed by atoms with Crippen LogP contribution in [0.3, 0.4) is 0 Å². The molecule has 0 heterocycles. The highest BCUT2D eigenvalue weighted by Gasteiger charge is 2.30. The van der Waals surface area contributed by atoms with Gasteiger partial charge in [-0.05, 0) is 62.9 Å². The standard InChI is InChI=1S/C49H50N2O5/c1-36(2)32-51(33-43(30-25-37-15-6-3-7-16-37)47(52)55-34-39-17-8-4-9-18-39)49(54)50-46(48(53)56-35-40-19-10-5-11-20-40)31-38-26-28-42(29-27-38)45-24-14-22-41-21-12-13-23-44(41)45/h3-24,26-29,36,43,46H,25,30-35H2,1-2H3,(H,50,54)/t43?,46-/m0/s1. The van der Waals surface area contributed by atoms with Gasteiger partial charge in [0.15, 0.2) is 0 Å². The third kappa shape index (κ3) is 11.4. The van der Waals surface area contributed by atoms with Crippen LogP contribution in [0.2, 0.25) is 0 Å². The molecule has 1 unspecified atom stereocenters. The predicted octanol–water partition coefficient (Wildman–Crippen LogP) is 9.82. The number of benzene rings is 6. The summed E-state index contributed by atoms with van der Waals surface area (Å²) in [5.74, 6) is -1.39. The van der Waals surface area contributed by atoms with E-state index in [1.54, 1.807) is 4.90 Å². The fourth-order valence-corrected chi connectivity index (χ4v) is 6.86. The van der Waals surface area contributed by atoms with E-state index < -0.39 is 24.0 Å². The molecule has 56 heavy (non-hydrogen) atoms. The first-order valence-electron chi connectivity index (χ1n) is 19.4. The van der Waals surface area contributed by atoms with Crippen molar-refractivity contribution < 1.29 is 23.9 Å². The van der Waals surface area contributed by atoms with Crippen molar-refractivity contribution in [2.45, 2.75) is 52.4 Å². The third-order valence-corrected chi connectivity index (χ3v) is 9.80. The van der Waals surface area contributed by atoms with E-state index in [0.717, 1.165) is 44.2 Å². The third-order valence-electron chi connectivity index (χ3n) is 9.80. The molecule has 286 valence electrons. The number of amides is 2. The van der Waals surface area contributed by atoms with Crippen LogP contribution in [0, 0.1) is 11.8 Å². The Labute approximate surface area is 330 Å². The number of esters is 2. The largest absolute Gasteiger partial charge is 0.461 e. The summed E-state index contributed by atoms with van der Waals surface area (Å²) < 4.78 is 11.6.